The van der Waals surface area contributed by atoms with Gasteiger partial charge in [0.2, 0.25) is 5.91 Å². The molecule has 3 rings (SSSR count). The van der Waals surface area contributed by atoms with Crippen molar-refractivity contribution in [3.63, 3.8) is 0 Å². The first-order chi connectivity index (χ1) is 16.7. The van der Waals surface area contributed by atoms with Crippen LogP contribution >= 0.6 is 0 Å². The highest BCUT2D eigenvalue weighted by Gasteiger charge is 2.28. The van der Waals surface area contributed by atoms with E-state index in [1.807, 2.05) is 6.92 Å². The van der Waals surface area contributed by atoms with Crippen molar-refractivity contribution in [3.05, 3.63) is 77.9 Å². The van der Waals surface area contributed by atoms with Gasteiger partial charge in [-0.1, -0.05) is 23.8 Å². The summed E-state index contributed by atoms with van der Waals surface area (Å²) in [5.41, 5.74) is 1.81. The lowest BCUT2D eigenvalue weighted by Crippen LogP contribution is -2.38. The molecule has 0 aromatic heterocycles. The summed E-state index contributed by atoms with van der Waals surface area (Å²) in [5.74, 6) is -0.548. The summed E-state index contributed by atoms with van der Waals surface area (Å²) in [4.78, 5) is 24.7. The van der Waals surface area contributed by atoms with E-state index in [9.17, 15) is 18.0 Å². The molecular weight excluding hydrogens is 472 g/mol. The molecule has 1 N–H and O–H groups in total. The molecule has 0 saturated heterocycles. The number of hydrogen-bond donors (Lipinski definition) is 1. The molecule has 0 unspecified atom stereocenters. The second-order valence-corrected chi connectivity index (χ2v) is 9.35. The lowest BCUT2D eigenvalue weighted by molar-refractivity contribution is -0.114. The van der Waals surface area contributed by atoms with Crippen molar-refractivity contribution >= 4 is 33.3 Å². The summed E-state index contributed by atoms with van der Waals surface area (Å²) < 4.78 is 43.4. The van der Waals surface area contributed by atoms with Crippen LogP contribution in [-0.2, 0) is 19.6 Å². The average Bonchev–Trinajstić information content (AvgIpc) is 2.87. The van der Waals surface area contributed by atoms with Crippen LogP contribution in [0.25, 0.3) is 0 Å². The van der Waals surface area contributed by atoms with Crippen LogP contribution in [0, 0.1) is 6.92 Å². The number of sulfonamides is 1. The van der Waals surface area contributed by atoms with Crippen molar-refractivity contribution < 1.29 is 32.2 Å². The maximum Gasteiger partial charge on any atom is 0.337 e. The number of nitrogens with one attached hydrogen (secondary N) is 1. The Balaban J connectivity index is 1.96. The maximum absolute atomic E-state index is 13.6. The van der Waals surface area contributed by atoms with Crippen LogP contribution in [0.2, 0.25) is 0 Å². The molecule has 1 amide bonds. The number of methoxy groups -OCH3 is 3. The highest BCUT2D eigenvalue weighted by atomic mass is 32.2. The Morgan fingerprint density at radius 2 is 1.57 bits per heavy atom. The predicted molar refractivity (Wildman–Crippen MR) is 132 cm³/mol. The lowest BCUT2D eigenvalue weighted by atomic mass is 10.2. The highest BCUT2D eigenvalue weighted by Crippen LogP contribution is 2.32. The third kappa shape index (κ3) is 5.90. The lowest BCUT2D eigenvalue weighted by Gasteiger charge is -2.24. The Morgan fingerprint density at radius 3 is 2.20 bits per heavy atom. The van der Waals surface area contributed by atoms with E-state index >= 15 is 0 Å². The van der Waals surface area contributed by atoms with Crippen molar-refractivity contribution in [1.82, 2.24) is 0 Å². The van der Waals surface area contributed by atoms with Gasteiger partial charge in [-0.3, -0.25) is 9.10 Å². The molecule has 0 radical (unpaired) electrons. The predicted octanol–water partition coefficient (Wildman–Crippen LogP) is 3.63. The van der Waals surface area contributed by atoms with Gasteiger partial charge in [-0.25, -0.2) is 13.2 Å². The van der Waals surface area contributed by atoms with Crippen LogP contribution in [0.1, 0.15) is 15.9 Å². The van der Waals surface area contributed by atoms with E-state index < -0.39 is 28.4 Å². The van der Waals surface area contributed by atoms with Crippen LogP contribution in [0.3, 0.4) is 0 Å². The van der Waals surface area contributed by atoms with Crippen molar-refractivity contribution in [3.8, 4) is 11.5 Å². The molecule has 0 aliphatic heterocycles. The van der Waals surface area contributed by atoms with Crippen LogP contribution in [0.5, 0.6) is 11.5 Å². The van der Waals surface area contributed by atoms with Gasteiger partial charge in [0.05, 0.1) is 37.5 Å². The fourth-order valence-electron chi connectivity index (χ4n) is 3.30. The van der Waals surface area contributed by atoms with Gasteiger partial charge in [0.25, 0.3) is 10.0 Å². The normalized spacial score (nSPS) is 10.9. The number of rotatable bonds is 9. The van der Waals surface area contributed by atoms with Crippen LogP contribution < -0.4 is 19.1 Å². The van der Waals surface area contributed by atoms with E-state index in [1.165, 1.54) is 45.6 Å². The molecule has 0 atom stereocenters. The smallest absolute Gasteiger partial charge is 0.337 e. The first kappa shape index (κ1) is 25.6. The van der Waals surface area contributed by atoms with Gasteiger partial charge in [0, 0.05) is 11.8 Å². The number of hydrogen-bond acceptors (Lipinski definition) is 7. The first-order valence-corrected chi connectivity index (χ1v) is 11.9. The number of aryl methyl sites for hydroxylation is 1. The summed E-state index contributed by atoms with van der Waals surface area (Å²) in [7, 11) is -0.0654. The zero-order valence-corrected chi connectivity index (χ0v) is 20.6. The van der Waals surface area contributed by atoms with E-state index in [4.69, 9.17) is 14.2 Å². The Kier molecular flexibility index (Phi) is 7.98. The van der Waals surface area contributed by atoms with Gasteiger partial charge in [0.15, 0.2) is 11.5 Å². The average molecular weight is 499 g/mol. The van der Waals surface area contributed by atoms with Gasteiger partial charge in [-0.05, 0) is 49.4 Å². The Bertz CT molecular complexity index is 1320. The van der Waals surface area contributed by atoms with Gasteiger partial charge in [-0.2, -0.15) is 0 Å². The quantitative estimate of drug-likeness (QED) is 0.449. The number of amides is 1. The minimum Gasteiger partial charge on any atom is -0.493 e. The molecule has 0 aliphatic rings. The second-order valence-electron chi connectivity index (χ2n) is 7.48. The second kappa shape index (κ2) is 10.9. The summed E-state index contributed by atoms with van der Waals surface area (Å²) in [5, 5.41) is 2.64. The zero-order chi connectivity index (χ0) is 25.6. The fourth-order valence-corrected chi connectivity index (χ4v) is 4.74. The van der Waals surface area contributed by atoms with Gasteiger partial charge >= 0.3 is 5.97 Å². The molecule has 35 heavy (non-hydrogen) atoms. The molecule has 184 valence electrons. The number of carbonyl (C=O) groups excluding carboxylic acids is 2. The standard InChI is InChI=1S/C25H26N2O7S/c1-17-8-10-20(11-9-17)27(35(30,31)21-12-13-22(32-2)23(15-21)33-3)16-24(28)26-19-7-5-6-18(14-19)25(29)34-4/h5-15H,16H2,1-4H3,(H,26,28). The molecule has 0 aliphatic carbocycles. The van der Waals surface area contributed by atoms with E-state index in [2.05, 4.69) is 5.32 Å². The van der Waals surface area contributed by atoms with Gasteiger partial charge in [-0.15, -0.1) is 0 Å². The number of nitrogens with zero attached hydrogens (tertiary/aromatic N) is 1. The number of esters is 1. The fraction of sp³-hybridized carbons (Fsp3) is 0.200. The topological polar surface area (TPSA) is 111 Å². The number of ether oxygens (including phenoxy) is 3. The first-order valence-electron chi connectivity index (χ1n) is 10.5. The Morgan fingerprint density at radius 1 is 0.886 bits per heavy atom. The van der Waals surface area contributed by atoms with E-state index in [1.54, 1.807) is 42.5 Å². The highest BCUT2D eigenvalue weighted by molar-refractivity contribution is 7.92. The molecule has 0 heterocycles. The summed E-state index contributed by atoms with van der Waals surface area (Å²) in [6, 6.07) is 17.1. The third-order valence-electron chi connectivity index (χ3n) is 5.12. The summed E-state index contributed by atoms with van der Waals surface area (Å²) in [6.45, 7) is 1.36. The van der Waals surface area contributed by atoms with Gasteiger partial charge < -0.3 is 19.5 Å². The monoisotopic (exact) mass is 498 g/mol. The minimum atomic E-state index is -4.17. The minimum absolute atomic E-state index is 0.0730. The van der Waals surface area contributed by atoms with Gasteiger partial charge in [0.1, 0.15) is 6.54 Å². The van der Waals surface area contributed by atoms with E-state index in [0.29, 0.717) is 17.1 Å². The molecule has 10 heteroatoms. The van der Waals surface area contributed by atoms with Crippen LogP contribution in [0.4, 0.5) is 11.4 Å². The van der Waals surface area contributed by atoms with Crippen LogP contribution in [-0.4, -0.2) is 48.2 Å². The molecule has 0 spiro atoms. The maximum atomic E-state index is 13.6. The Labute approximate surface area is 204 Å². The molecule has 0 saturated carbocycles. The summed E-state index contributed by atoms with van der Waals surface area (Å²) in [6.07, 6.45) is 0. The number of carbonyl (C=O) groups is 2. The SMILES string of the molecule is COC(=O)c1cccc(NC(=O)CN(c2ccc(C)cc2)S(=O)(=O)c2ccc(OC)c(OC)c2)c1. The largest absolute Gasteiger partial charge is 0.493 e. The third-order valence-corrected chi connectivity index (χ3v) is 6.89. The van der Waals surface area contributed by atoms with Crippen molar-refractivity contribution in [2.45, 2.75) is 11.8 Å². The van der Waals surface area contributed by atoms with E-state index in [-0.39, 0.29) is 16.2 Å². The number of benzene rings is 3. The molecular formula is C25H26N2O7S. The molecule has 3 aromatic rings. The van der Waals surface area contributed by atoms with Crippen molar-refractivity contribution in [2.75, 3.05) is 37.5 Å². The molecule has 0 fully saturated rings. The molecule has 9 nitrogen and oxygen atoms in total. The summed E-state index contributed by atoms with van der Waals surface area (Å²) >= 11 is 0. The molecule has 3 aromatic carbocycles. The van der Waals surface area contributed by atoms with Crippen molar-refractivity contribution in [2.24, 2.45) is 0 Å². The zero-order valence-electron chi connectivity index (χ0n) is 19.8. The molecule has 0 bridgehead atoms. The number of anilines is 2. The van der Waals surface area contributed by atoms with Crippen LogP contribution in [0.15, 0.2) is 71.6 Å². The van der Waals surface area contributed by atoms with Crippen molar-refractivity contribution in [1.29, 1.82) is 0 Å². The van der Waals surface area contributed by atoms with E-state index in [0.717, 1.165) is 9.87 Å². The Hall–Kier alpha value is -4.05.